The smallest absolute Gasteiger partial charge is 0.243 e. The molecule has 0 radical (unpaired) electrons. The van der Waals surface area contributed by atoms with Gasteiger partial charge in [-0.15, -0.1) is 0 Å². The number of carbonyl (C=O) groups excluding carboxylic acids is 2. The maximum Gasteiger partial charge on any atom is 0.243 e. The van der Waals surface area contributed by atoms with Crippen molar-refractivity contribution in [3.63, 3.8) is 0 Å². The van der Waals surface area contributed by atoms with Gasteiger partial charge in [-0.05, 0) is 18.6 Å². The molecule has 1 atom stereocenters. The van der Waals surface area contributed by atoms with Crippen LogP contribution in [-0.4, -0.2) is 34.8 Å². The summed E-state index contributed by atoms with van der Waals surface area (Å²) < 4.78 is 0. The third-order valence-electron chi connectivity index (χ3n) is 2.97. The Morgan fingerprint density at radius 3 is 3.00 bits per heavy atom. The first-order chi connectivity index (χ1) is 8.18. The lowest BCUT2D eigenvalue weighted by molar-refractivity contribution is -0.133. The van der Waals surface area contributed by atoms with E-state index in [9.17, 15) is 9.59 Å². The summed E-state index contributed by atoms with van der Waals surface area (Å²) in [5, 5.41) is 2.80. The predicted octanol–water partition coefficient (Wildman–Crippen LogP) is 0.319. The zero-order chi connectivity index (χ0) is 12.3. The lowest BCUT2D eigenvalue weighted by Gasteiger charge is -2.18. The van der Waals surface area contributed by atoms with Crippen molar-refractivity contribution in [2.24, 2.45) is 0 Å². The molecule has 1 aliphatic heterocycles. The Morgan fingerprint density at radius 1 is 1.59 bits per heavy atom. The molecule has 0 bridgehead atoms. The summed E-state index contributed by atoms with van der Waals surface area (Å²) in [5.74, 6) is -0.0769. The number of likely N-dealkylation sites (tertiary alicyclic amines) is 1. The van der Waals surface area contributed by atoms with E-state index in [0.29, 0.717) is 19.4 Å². The van der Waals surface area contributed by atoms with Crippen molar-refractivity contribution in [3.05, 3.63) is 30.1 Å². The maximum atomic E-state index is 11.8. The molecule has 0 aromatic carbocycles. The van der Waals surface area contributed by atoms with Crippen LogP contribution in [0.2, 0.25) is 0 Å². The van der Waals surface area contributed by atoms with Gasteiger partial charge in [-0.2, -0.15) is 0 Å². The van der Waals surface area contributed by atoms with Gasteiger partial charge in [0.05, 0.1) is 12.2 Å². The molecule has 17 heavy (non-hydrogen) atoms. The fourth-order valence-electron chi connectivity index (χ4n) is 1.91. The van der Waals surface area contributed by atoms with Crippen molar-refractivity contribution < 1.29 is 9.59 Å². The highest BCUT2D eigenvalue weighted by Gasteiger charge is 2.32. The first-order valence-corrected chi connectivity index (χ1v) is 5.62. The Labute approximate surface area is 99.8 Å². The first kappa shape index (κ1) is 11.6. The second kappa shape index (κ2) is 4.95. The molecule has 1 aromatic rings. The van der Waals surface area contributed by atoms with Gasteiger partial charge in [0.2, 0.25) is 11.8 Å². The van der Waals surface area contributed by atoms with E-state index in [2.05, 4.69) is 10.3 Å². The van der Waals surface area contributed by atoms with Gasteiger partial charge >= 0.3 is 0 Å². The van der Waals surface area contributed by atoms with Crippen LogP contribution in [0.1, 0.15) is 18.5 Å². The number of likely N-dealkylation sites (N-methyl/N-ethyl adjacent to an activating group) is 1. The summed E-state index contributed by atoms with van der Waals surface area (Å²) in [4.78, 5) is 28.8. The average molecular weight is 233 g/mol. The molecule has 0 spiro atoms. The van der Waals surface area contributed by atoms with E-state index in [1.165, 1.54) is 4.90 Å². The standard InChI is InChI=1S/C12H15N3O2/c1-15-10(5-6-11(15)16)12(17)14-8-9-4-2-3-7-13-9/h2-4,7,10H,5-6,8H2,1H3,(H,14,17). The quantitative estimate of drug-likeness (QED) is 0.817. The minimum atomic E-state index is -0.328. The van der Waals surface area contributed by atoms with Crippen molar-refractivity contribution >= 4 is 11.8 Å². The molecule has 90 valence electrons. The fourth-order valence-corrected chi connectivity index (χ4v) is 1.91. The number of hydrogen-bond acceptors (Lipinski definition) is 3. The number of amides is 2. The van der Waals surface area contributed by atoms with E-state index >= 15 is 0 Å². The van der Waals surface area contributed by atoms with Crippen LogP contribution in [0.25, 0.3) is 0 Å². The highest BCUT2D eigenvalue weighted by atomic mass is 16.2. The molecule has 1 fully saturated rings. The number of carbonyl (C=O) groups is 2. The number of pyridine rings is 1. The second-order valence-corrected chi connectivity index (χ2v) is 4.10. The van der Waals surface area contributed by atoms with Crippen molar-refractivity contribution in [3.8, 4) is 0 Å². The van der Waals surface area contributed by atoms with E-state index in [1.807, 2.05) is 18.2 Å². The van der Waals surface area contributed by atoms with Gasteiger partial charge in [0, 0.05) is 19.7 Å². The minimum absolute atomic E-state index is 0.0305. The maximum absolute atomic E-state index is 11.8. The molecule has 5 nitrogen and oxygen atoms in total. The first-order valence-electron chi connectivity index (χ1n) is 5.62. The van der Waals surface area contributed by atoms with Crippen LogP contribution in [0.4, 0.5) is 0 Å². The largest absolute Gasteiger partial charge is 0.349 e. The lowest BCUT2D eigenvalue weighted by atomic mass is 10.2. The molecule has 2 rings (SSSR count). The second-order valence-electron chi connectivity index (χ2n) is 4.10. The van der Waals surface area contributed by atoms with E-state index < -0.39 is 0 Å². The van der Waals surface area contributed by atoms with Gasteiger partial charge < -0.3 is 10.2 Å². The summed E-state index contributed by atoms with van der Waals surface area (Å²) in [5.41, 5.74) is 0.813. The average Bonchev–Trinajstić information content (AvgIpc) is 2.69. The Balaban J connectivity index is 1.88. The summed E-state index contributed by atoms with van der Waals surface area (Å²) in [6.07, 6.45) is 2.74. The molecule has 1 unspecified atom stereocenters. The molecule has 2 heterocycles. The molecule has 1 saturated heterocycles. The zero-order valence-corrected chi connectivity index (χ0v) is 9.72. The molecule has 5 heteroatoms. The van der Waals surface area contributed by atoms with Crippen LogP contribution in [0, 0.1) is 0 Å². The SMILES string of the molecule is CN1C(=O)CCC1C(=O)NCc1ccccn1. The van der Waals surface area contributed by atoms with Crippen LogP contribution in [0.5, 0.6) is 0 Å². The fraction of sp³-hybridized carbons (Fsp3) is 0.417. The predicted molar refractivity (Wildman–Crippen MR) is 61.9 cm³/mol. The van der Waals surface area contributed by atoms with E-state index in [-0.39, 0.29) is 17.9 Å². The molecule has 0 aliphatic carbocycles. The van der Waals surface area contributed by atoms with Crippen LogP contribution in [0.15, 0.2) is 24.4 Å². The summed E-state index contributed by atoms with van der Waals surface area (Å²) >= 11 is 0. The van der Waals surface area contributed by atoms with Gasteiger partial charge in [-0.1, -0.05) is 6.07 Å². The van der Waals surface area contributed by atoms with Crippen molar-refractivity contribution in [1.82, 2.24) is 15.2 Å². The zero-order valence-electron chi connectivity index (χ0n) is 9.72. The third-order valence-corrected chi connectivity index (χ3v) is 2.97. The number of nitrogens with one attached hydrogen (secondary N) is 1. The van der Waals surface area contributed by atoms with Gasteiger partial charge in [0.15, 0.2) is 0 Å². The lowest BCUT2D eigenvalue weighted by Crippen LogP contribution is -2.42. The molecule has 0 saturated carbocycles. The molecule has 1 aromatic heterocycles. The molecule has 1 aliphatic rings. The van der Waals surface area contributed by atoms with Crippen molar-refractivity contribution in [2.75, 3.05) is 7.05 Å². The van der Waals surface area contributed by atoms with Gasteiger partial charge in [0.25, 0.3) is 0 Å². The Kier molecular flexibility index (Phi) is 3.37. The van der Waals surface area contributed by atoms with E-state index in [4.69, 9.17) is 0 Å². The highest BCUT2D eigenvalue weighted by Crippen LogP contribution is 2.16. The summed E-state index contributed by atoms with van der Waals surface area (Å²) in [7, 11) is 1.67. The Morgan fingerprint density at radius 2 is 2.41 bits per heavy atom. The topological polar surface area (TPSA) is 62.3 Å². The summed E-state index contributed by atoms with van der Waals surface area (Å²) in [6, 6.07) is 5.23. The van der Waals surface area contributed by atoms with Gasteiger partial charge in [-0.25, -0.2) is 0 Å². The monoisotopic (exact) mass is 233 g/mol. The Bertz CT molecular complexity index is 419. The van der Waals surface area contributed by atoms with E-state index in [0.717, 1.165) is 5.69 Å². The molecule has 2 amide bonds. The van der Waals surface area contributed by atoms with Crippen LogP contribution >= 0.6 is 0 Å². The molecular weight excluding hydrogens is 218 g/mol. The molecule has 1 N–H and O–H groups in total. The van der Waals surface area contributed by atoms with E-state index in [1.54, 1.807) is 13.2 Å². The van der Waals surface area contributed by atoms with Crippen LogP contribution < -0.4 is 5.32 Å². The normalized spacial score (nSPS) is 19.5. The Hall–Kier alpha value is -1.91. The third kappa shape index (κ3) is 2.61. The van der Waals surface area contributed by atoms with Crippen LogP contribution in [0.3, 0.4) is 0 Å². The van der Waals surface area contributed by atoms with Crippen LogP contribution in [-0.2, 0) is 16.1 Å². The van der Waals surface area contributed by atoms with Gasteiger partial charge in [-0.3, -0.25) is 14.6 Å². The minimum Gasteiger partial charge on any atom is -0.349 e. The number of aromatic nitrogens is 1. The van der Waals surface area contributed by atoms with Crippen molar-refractivity contribution in [2.45, 2.75) is 25.4 Å². The van der Waals surface area contributed by atoms with Crippen molar-refractivity contribution in [1.29, 1.82) is 0 Å². The molecular formula is C12H15N3O2. The number of hydrogen-bond donors (Lipinski definition) is 1. The highest BCUT2D eigenvalue weighted by molar-refractivity contribution is 5.90. The van der Waals surface area contributed by atoms with Gasteiger partial charge in [0.1, 0.15) is 6.04 Å². The number of nitrogens with zero attached hydrogens (tertiary/aromatic N) is 2. The number of rotatable bonds is 3. The summed E-state index contributed by atoms with van der Waals surface area (Å²) in [6.45, 7) is 0.401.